The van der Waals surface area contributed by atoms with Gasteiger partial charge in [0.2, 0.25) is 0 Å². The molecule has 0 fully saturated rings. The fraction of sp³-hybridized carbons (Fsp3) is 0.538. The molecule has 0 N–H and O–H groups in total. The highest BCUT2D eigenvalue weighted by atomic mass is 35.5. The van der Waals surface area contributed by atoms with E-state index >= 15 is 0 Å². The molecule has 2 nitrogen and oxygen atoms in total. The Kier molecular flexibility index (Phi) is 9.11. The third-order valence-electron chi connectivity index (χ3n) is 2.53. The standard InChI is InChI=1S/C13H19O2.ClH.Mg/c1-2-3-7-10-14-12-15-11-13-8-5-4-6-9-13;;/h2,4-6,8-9H,3,7,10-12H2,1H3;1H;/q;;+1/p-1. The molecule has 0 heterocycles. The lowest BCUT2D eigenvalue weighted by Crippen LogP contribution is -2.03. The van der Waals surface area contributed by atoms with Gasteiger partial charge in [0.15, 0.2) is 0 Å². The third kappa shape index (κ3) is 8.00. The first-order valence-corrected chi connectivity index (χ1v) is 9.03. The Morgan fingerprint density at radius 3 is 2.71 bits per heavy atom. The van der Waals surface area contributed by atoms with Crippen LogP contribution in [0.1, 0.15) is 25.3 Å². The van der Waals surface area contributed by atoms with Gasteiger partial charge in [-0.05, 0) is 12.0 Å². The van der Waals surface area contributed by atoms with Crippen LogP contribution < -0.4 is 0 Å². The molecule has 92 valence electrons. The normalized spacial score (nSPS) is 12.1. The van der Waals surface area contributed by atoms with Gasteiger partial charge in [-0.2, -0.15) is 0 Å². The number of hydrogen-bond acceptors (Lipinski definition) is 2. The minimum atomic E-state index is -0.355. The predicted molar refractivity (Wildman–Crippen MR) is 72.3 cm³/mol. The van der Waals surface area contributed by atoms with Crippen molar-refractivity contribution in [2.75, 3.05) is 13.4 Å². The first-order chi connectivity index (χ1) is 8.33. The van der Waals surface area contributed by atoms with E-state index in [1.165, 1.54) is 12.0 Å². The number of hydrogen-bond donors (Lipinski definition) is 0. The van der Waals surface area contributed by atoms with Crippen LogP contribution in [0.2, 0.25) is 4.05 Å². The van der Waals surface area contributed by atoms with Crippen LogP contribution in [0.15, 0.2) is 30.3 Å². The topological polar surface area (TPSA) is 18.5 Å². The van der Waals surface area contributed by atoms with E-state index < -0.39 is 0 Å². The minimum absolute atomic E-state index is 0.355. The zero-order valence-electron chi connectivity index (χ0n) is 10.4. The van der Waals surface area contributed by atoms with Gasteiger partial charge in [-0.3, -0.25) is 0 Å². The molecule has 0 aromatic heterocycles. The lowest BCUT2D eigenvalue weighted by molar-refractivity contribution is -0.0622. The third-order valence-corrected chi connectivity index (χ3v) is 5.04. The van der Waals surface area contributed by atoms with Gasteiger partial charge in [0, 0.05) is 6.61 Å². The molecule has 4 heteroatoms. The van der Waals surface area contributed by atoms with Gasteiger partial charge >= 0.3 is 19.3 Å². The maximum absolute atomic E-state index is 5.86. The van der Waals surface area contributed by atoms with Gasteiger partial charge in [0.05, 0.1) is 6.61 Å². The van der Waals surface area contributed by atoms with E-state index in [1.54, 1.807) is 0 Å². The van der Waals surface area contributed by atoms with Crippen molar-refractivity contribution >= 4 is 28.3 Å². The number of rotatable bonds is 9. The molecule has 0 bridgehead atoms. The molecule has 0 saturated carbocycles. The molecular formula is C13H19ClMgO2. The predicted octanol–water partition coefficient (Wildman–Crippen LogP) is 3.62. The first kappa shape index (κ1) is 15.3. The van der Waals surface area contributed by atoms with Crippen molar-refractivity contribution < 1.29 is 9.47 Å². The summed E-state index contributed by atoms with van der Waals surface area (Å²) in [7, 11) is 5.86. The Hall–Kier alpha value is 0.196. The first-order valence-electron chi connectivity index (χ1n) is 6.08. The Bertz CT molecular complexity index is 282. The fourth-order valence-electron chi connectivity index (χ4n) is 1.46. The van der Waals surface area contributed by atoms with Crippen molar-refractivity contribution in [3.05, 3.63) is 35.9 Å². The Labute approximate surface area is 117 Å². The Morgan fingerprint density at radius 1 is 1.24 bits per heavy atom. The lowest BCUT2D eigenvalue weighted by atomic mass is 10.2. The fourth-order valence-corrected chi connectivity index (χ4v) is 2.37. The summed E-state index contributed by atoms with van der Waals surface area (Å²) < 4.78 is 11.5. The zero-order valence-corrected chi connectivity index (χ0v) is 12.6. The molecule has 1 aromatic rings. The van der Waals surface area contributed by atoms with Crippen LogP contribution in [0.4, 0.5) is 0 Å². The van der Waals surface area contributed by atoms with Gasteiger partial charge in [0.1, 0.15) is 6.79 Å². The summed E-state index contributed by atoms with van der Waals surface area (Å²) in [5.74, 6) is 0. The van der Waals surface area contributed by atoms with Gasteiger partial charge in [-0.25, -0.2) is 0 Å². The van der Waals surface area contributed by atoms with Crippen LogP contribution in [0.25, 0.3) is 0 Å². The van der Waals surface area contributed by atoms with Crippen molar-refractivity contribution in [2.24, 2.45) is 0 Å². The van der Waals surface area contributed by atoms with E-state index in [-0.39, 0.29) is 19.3 Å². The van der Waals surface area contributed by atoms with Crippen LogP contribution in [-0.4, -0.2) is 32.7 Å². The largest absolute Gasteiger partial charge is 0.504 e. The van der Waals surface area contributed by atoms with Gasteiger partial charge in [-0.15, -0.1) is 4.05 Å². The highest BCUT2D eigenvalue weighted by Crippen LogP contribution is 2.11. The average molecular weight is 267 g/mol. The van der Waals surface area contributed by atoms with Crippen molar-refractivity contribution in [3.63, 3.8) is 0 Å². The zero-order chi connectivity index (χ0) is 12.3. The maximum Gasteiger partial charge on any atom is 0.504 e. The molecule has 0 aliphatic carbocycles. The molecule has 1 aromatic carbocycles. The molecule has 0 spiro atoms. The van der Waals surface area contributed by atoms with Crippen molar-refractivity contribution in [1.82, 2.24) is 0 Å². The number of ether oxygens (including phenoxy) is 2. The molecule has 1 unspecified atom stereocenters. The quantitative estimate of drug-likeness (QED) is 0.386. The lowest BCUT2D eigenvalue weighted by Gasteiger charge is -2.08. The van der Waals surface area contributed by atoms with Crippen LogP contribution >= 0.6 is 9.07 Å². The molecular weight excluding hydrogens is 248 g/mol. The number of halogens is 1. The SMILES string of the molecule is C[CH](CCCOCOCc1ccccc1)[Mg][Cl]. The Morgan fingerprint density at radius 2 is 2.00 bits per heavy atom. The minimum Gasteiger partial charge on any atom is -0.355 e. The number of benzene rings is 1. The monoisotopic (exact) mass is 266 g/mol. The highest BCUT2D eigenvalue weighted by Gasteiger charge is 2.03. The molecule has 1 rings (SSSR count). The van der Waals surface area contributed by atoms with Crippen LogP contribution in [-0.2, 0) is 16.1 Å². The molecule has 1 atom stereocenters. The Balaban J connectivity index is 1.91. The smallest absolute Gasteiger partial charge is 0.355 e. The van der Waals surface area contributed by atoms with Crippen LogP contribution in [0.5, 0.6) is 0 Å². The summed E-state index contributed by atoms with van der Waals surface area (Å²) in [6.07, 6.45) is 2.25. The maximum atomic E-state index is 5.86. The summed E-state index contributed by atoms with van der Waals surface area (Å²) >= 11 is -0.355. The molecule has 0 aliphatic rings. The summed E-state index contributed by atoms with van der Waals surface area (Å²) in [5.41, 5.74) is 1.18. The van der Waals surface area contributed by atoms with E-state index in [4.69, 9.17) is 18.5 Å². The second kappa shape index (κ2) is 10.1. The van der Waals surface area contributed by atoms with Crippen molar-refractivity contribution in [2.45, 2.75) is 30.4 Å². The van der Waals surface area contributed by atoms with Gasteiger partial charge in [-0.1, -0.05) is 43.7 Å². The highest BCUT2D eigenvalue weighted by molar-refractivity contribution is 6.94. The molecule has 17 heavy (non-hydrogen) atoms. The summed E-state index contributed by atoms with van der Waals surface area (Å²) in [5, 5.41) is 0. The van der Waals surface area contributed by atoms with E-state index in [0.717, 1.165) is 13.0 Å². The summed E-state index contributed by atoms with van der Waals surface area (Å²) in [6.45, 7) is 3.98. The molecule has 0 amide bonds. The second-order valence-corrected chi connectivity index (χ2v) is 6.89. The van der Waals surface area contributed by atoms with E-state index in [2.05, 4.69) is 6.92 Å². The average Bonchev–Trinajstić information content (AvgIpc) is 2.38. The van der Waals surface area contributed by atoms with Gasteiger partial charge in [0.25, 0.3) is 0 Å². The van der Waals surface area contributed by atoms with E-state index in [1.807, 2.05) is 30.3 Å². The van der Waals surface area contributed by atoms with Crippen molar-refractivity contribution in [1.29, 1.82) is 0 Å². The summed E-state index contributed by atoms with van der Waals surface area (Å²) in [4.78, 5) is 0. The second-order valence-electron chi connectivity index (χ2n) is 4.26. The van der Waals surface area contributed by atoms with E-state index in [0.29, 0.717) is 17.4 Å². The van der Waals surface area contributed by atoms with E-state index in [9.17, 15) is 0 Å². The molecule has 0 aliphatic heterocycles. The summed E-state index contributed by atoms with van der Waals surface area (Å²) in [6, 6.07) is 10.1. The van der Waals surface area contributed by atoms with Crippen LogP contribution in [0.3, 0.4) is 0 Å². The molecule has 0 radical (unpaired) electrons. The van der Waals surface area contributed by atoms with Crippen molar-refractivity contribution in [3.8, 4) is 0 Å². The van der Waals surface area contributed by atoms with Gasteiger partial charge < -0.3 is 18.5 Å². The van der Waals surface area contributed by atoms with Crippen LogP contribution in [0, 0.1) is 0 Å². The molecule has 0 saturated heterocycles.